The van der Waals surface area contributed by atoms with Gasteiger partial charge in [0, 0.05) is 37.0 Å². The Hall–Kier alpha value is 0.0700. The van der Waals surface area contributed by atoms with E-state index in [2.05, 4.69) is 30.0 Å². The summed E-state index contributed by atoms with van der Waals surface area (Å²) in [5.41, 5.74) is 0. The highest BCUT2D eigenvalue weighted by Gasteiger charge is 2.28. The van der Waals surface area contributed by atoms with E-state index in [4.69, 9.17) is 0 Å². The fraction of sp³-hybridized carbons (Fsp3) is 1.00. The predicted octanol–water partition coefficient (Wildman–Crippen LogP) is 1.47. The van der Waals surface area contributed by atoms with Gasteiger partial charge in [0.25, 0.3) is 0 Å². The van der Waals surface area contributed by atoms with Gasteiger partial charge in [0.1, 0.15) is 0 Å². The monoisotopic (exact) mass is 232 g/mol. The topological polar surface area (TPSA) is 23.6 Å². The summed E-state index contributed by atoms with van der Waals surface area (Å²) in [4.78, 5) is 2.48. The lowest BCUT2D eigenvalue weighted by molar-refractivity contribution is 0.100. The molecule has 0 N–H and O–H groups in total. The minimum atomic E-state index is -0.800. The lowest BCUT2D eigenvalue weighted by atomic mass is 10.2. The van der Waals surface area contributed by atoms with E-state index in [1.54, 1.807) is 0 Å². The molecule has 1 fully saturated rings. The molecule has 90 valence electrons. The van der Waals surface area contributed by atoms with E-state index in [0.29, 0.717) is 12.1 Å². The van der Waals surface area contributed by atoms with Crippen LogP contribution in [0.2, 0.25) is 0 Å². The van der Waals surface area contributed by atoms with Gasteiger partial charge < -0.3 is 0 Å². The van der Waals surface area contributed by atoms with Crippen LogP contribution in [0, 0.1) is 0 Å². The van der Waals surface area contributed by atoms with E-state index in [1.165, 1.54) is 0 Å². The quantitative estimate of drug-likeness (QED) is 0.736. The molecule has 1 saturated heterocycles. The second kappa shape index (κ2) is 5.41. The Morgan fingerprint density at radius 1 is 1.20 bits per heavy atom. The highest BCUT2D eigenvalue weighted by molar-refractivity contribution is 7.83. The van der Waals surface area contributed by atoms with Crippen LogP contribution in [0.1, 0.15) is 34.6 Å². The van der Waals surface area contributed by atoms with Crippen LogP contribution in [0.5, 0.6) is 0 Å². The van der Waals surface area contributed by atoms with Crippen LogP contribution in [0.25, 0.3) is 0 Å². The Bertz CT molecular complexity index is 231. The van der Waals surface area contributed by atoms with E-state index in [1.807, 2.05) is 13.8 Å². The van der Waals surface area contributed by atoms with Crippen molar-refractivity contribution in [2.24, 2.45) is 0 Å². The maximum atomic E-state index is 11.9. The largest absolute Gasteiger partial charge is 0.296 e. The fourth-order valence-electron chi connectivity index (χ4n) is 2.17. The summed E-state index contributed by atoms with van der Waals surface area (Å²) >= 11 is 0. The van der Waals surface area contributed by atoms with Gasteiger partial charge in [-0.05, 0) is 34.6 Å². The van der Waals surface area contributed by atoms with Crippen LogP contribution < -0.4 is 0 Å². The molecular weight excluding hydrogens is 208 g/mol. The van der Waals surface area contributed by atoms with Crippen LogP contribution in [0.15, 0.2) is 0 Å². The van der Waals surface area contributed by atoms with Gasteiger partial charge in [-0.2, -0.15) is 0 Å². The van der Waals surface area contributed by atoms with E-state index in [9.17, 15) is 4.21 Å². The molecule has 1 rings (SSSR count). The van der Waals surface area contributed by atoms with Crippen molar-refractivity contribution in [3.05, 3.63) is 0 Å². The highest BCUT2D eigenvalue weighted by Crippen LogP contribution is 2.15. The van der Waals surface area contributed by atoms with Gasteiger partial charge in [0.05, 0.1) is 11.0 Å². The van der Waals surface area contributed by atoms with Crippen molar-refractivity contribution < 1.29 is 4.21 Å². The third kappa shape index (κ3) is 3.26. The molecule has 0 saturated carbocycles. The van der Waals surface area contributed by atoms with Gasteiger partial charge in [-0.1, -0.05) is 0 Å². The summed E-state index contributed by atoms with van der Waals surface area (Å²) in [5.74, 6) is 0. The summed E-state index contributed by atoms with van der Waals surface area (Å²) < 4.78 is 14.1. The van der Waals surface area contributed by atoms with Crippen molar-refractivity contribution >= 4 is 11.0 Å². The number of rotatable bonds is 3. The zero-order chi connectivity index (χ0) is 11.6. The maximum Gasteiger partial charge on any atom is 0.0969 e. The summed E-state index contributed by atoms with van der Waals surface area (Å²) in [7, 11) is -0.800. The molecule has 0 spiro atoms. The van der Waals surface area contributed by atoms with Crippen LogP contribution in [0.3, 0.4) is 0 Å². The van der Waals surface area contributed by atoms with Crippen LogP contribution >= 0.6 is 0 Å². The average Bonchev–Trinajstić information content (AvgIpc) is 2.15. The van der Waals surface area contributed by atoms with Gasteiger partial charge in [-0.15, -0.1) is 0 Å². The molecule has 1 aliphatic heterocycles. The van der Waals surface area contributed by atoms with Crippen molar-refractivity contribution in [2.75, 3.05) is 19.6 Å². The minimum Gasteiger partial charge on any atom is -0.296 e. The number of nitrogens with zero attached hydrogens (tertiary/aromatic N) is 2. The van der Waals surface area contributed by atoms with E-state index >= 15 is 0 Å². The summed E-state index contributed by atoms with van der Waals surface area (Å²) in [6, 6.07) is 1.11. The van der Waals surface area contributed by atoms with Crippen molar-refractivity contribution in [2.45, 2.75) is 52.0 Å². The molecule has 0 aliphatic carbocycles. The molecule has 0 aromatic rings. The van der Waals surface area contributed by atoms with Crippen molar-refractivity contribution in [3.8, 4) is 0 Å². The number of piperazine rings is 1. The lowest BCUT2D eigenvalue weighted by Crippen LogP contribution is -2.55. The smallest absolute Gasteiger partial charge is 0.0969 e. The Kier molecular flexibility index (Phi) is 4.74. The first-order valence-corrected chi connectivity index (χ1v) is 7.01. The summed E-state index contributed by atoms with van der Waals surface area (Å²) in [6.07, 6.45) is 0. The number of hydrogen-bond acceptors (Lipinski definition) is 2. The molecule has 1 heterocycles. The van der Waals surface area contributed by atoms with Gasteiger partial charge in [0.15, 0.2) is 0 Å². The second-order valence-electron chi connectivity index (χ2n) is 4.89. The SMILES string of the molecule is CC(C)N1CCN(S(=O)C(C)C)CC1C. The Balaban J connectivity index is 2.54. The Morgan fingerprint density at radius 2 is 1.80 bits per heavy atom. The molecule has 0 aromatic carbocycles. The van der Waals surface area contributed by atoms with E-state index < -0.39 is 11.0 Å². The van der Waals surface area contributed by atoms with Gasteiger partial charge in [-0.3, -0.25) is 4.90 Å². The minimum absolute atomic E-state index is 0.239. The summed E-state index contributed by atoms with van der Waals surface area (Å²) in [5, 5.41) is 0.239. The first kappa shape index (κ1) is 13.1. The second-order valence-corrected chi connectivity index (χ2v) is 6.91. The molecule has 0 amide bonds. The molecule has 0 radical (unpaired) electrons. The molecule has 2 atom stereocenters. The fourth-order valence-corrected chi connectivity index (χ4v) is 3.39. The van der Waals surface area contributed by atoms with E-state index in [0.717, 1.165) is 19.6 Å². The molecule has 3 nitrogen and oxygen atoms in total. The lowest BCUT2D eigenvalue weighted by Gasteiger charge is -2.41. The number of hydrogen-bond donors (Lipinski definition) is 0. The Morgan fingerprint density at radius 3 is 2.20 bits per heavy atom. The normalized spacial score (nSPS) is 27.5. The molecular formula is C11H24N2OS. The maximum absolute atomic E-state index is 11.9. The highest BCUT2D eigenvalue weighted by atomic mass is 32.2. The van der Waals surface area contributed by atoms with Crippen molar-refractivity contribution in [3.63, 3.8) is 0 Å². The molecule has 4 heteroatoms. The summed E-state index contributed by atoms with van der Waals surface area (Å²) in [6.45, 7) is 13.6. The first-order valence-electron chi connectivity index (χ1n) is 5.85. The van der Waals surface area contributed by atoms with Gasteiger partial charge in [0.2, 0.25) is 0 Å². The van der Waals surface area contributed by atoms with E-state index in [-0.39, 0.29) is 5.25 Å². The predicted molar refractivity (Wildman–Crippen MR) is 66.2 cm³/mol. The van der Waals surface area contributed by atoms with Crippen molar-refractivity contribution in [1.82, 2.24) is 9.21 Å². The van der Waals surface area contributed by atoms with Crippen molar-refractivity contribution in [1.29, 1.82) is 0 Å². The van der Waals surface area contributed by atoms with Crippen LogP contribution in [-0.2, 0) is 11.0 Å². The zero-order valence-corrected chi connectivity index (χ0v) is 11.4. The molecule has 0 aromatic heterocycles. The standard InChI is InChI=1S/C11H24N2OS/c1-9(2)13-7-6-12(8-11(13)5)15(14)10(3)4/h9-11H,6-8H2,1-5H3. The Labute approximate surface area is 96.4 Å². The van der Waals surface area contributed by atoms with Gasteiger partial charge >= 0.3 is 0 Å². The third-order valence-electron chi connectivity index (χ3n) is 2.96. The molecule has 2 unspecified atom stereocenters. The third-order valence-corrected chi connectivity index (χ3v) is 4.61. The van der Waals surface area contributed by atoms with Crippen LogP contribution in [0.4, 0.5) is 0 Å². The molecule has 15 heavy (non-hydrogen) atoms. The first-order chi connectivity index (χ1) is 6.93. The molecule has 1 aliphatic rings. The average molecular weight is 232 g/mol. The van der Waals surface area contributed by atoms with Crippen LogP contribution in [-0.4, -0.2) is 50.4 Å². The van der Waals surface area contributed by atoms with Gasteiger partial charge in [-0.25, -0.2) is 8.51 Å². The zero-order valence-electron chi connectivity index (χ0n) is 10.6. The molecule has 0 bridgehead atoms.